The van der Waals surface area contributed by atoms with Crippen LogP contribution in [0.4, 0.5) is 4.79 Å². The summed E-state index contributed by atoms with van der Waals surface area (Å²) in [5.41, 5.74) is 0.950. The number of rotatable bonds is 6. The summed E-state index contributed by atoms with van der Waals surface area (Å²) in [5, 5.41) is 0. The predicted octanol–water partition coefficient (Wildman–Crippen LogP) is 8.99. The second-order valence-corrected chi connectivity index (χ2v) is 17.5. The van der Waals surface area contributed by atoms with Crippen molar-refractivity contribution in [1.29, 1.82) is 0 Å². The molecule has 2 rings (SSSR count). The van der Waals surface area contributed by atoms with E-state index in [2.05, 4.69) is 100 Å². The molecular weight excluding hydrogens is 526 g/mol. The molecule has 1 aromatic rings. The van der Waals surface area contributed by atoms with Crippen LogP contribution in [0.1, 0.15) is 140 Å². The van der Waals surface area contributed by atoms with Crippen molar-refractivity contribution in [3.63, 3.8) is 0 Å². The van der Waals surface area contributed by atoms with Crippen molar-refractivity contribution in [3.05, 3.63) is 28.8 Å². The largest absolute Gasteiger partial charge is 0.514 e. The molecule has 1 unspecified atom stereocenters. The summed E-state index contributed by atoms with van der Waals surface area (Å²) in [6, 6.07) is 4.27. The van der Waals surface area contributed by atoms with Gasteiger partial charge < -0.3 is 14.2 Å². The Balaban J connectivity index is 2.41. The molecule has 1 aliphatic rings. The normalized spacial score (nSPS) is 19.3. The zero-order valence-electron chi connectivity index (χ0n) is 29.9. The van der Waals surface area contributed by atoms with Crippen molar-refractivity contribution in [2.24, 2.45) is 11.3 Å². The van der Waals surface area contributed by atoms with E-state index < -0.39 is 17.2 Å². The molecule has 6 heteroatoms. The number of nitrogens with zero attached hydrogens (tertiary/aromatic N) is 1. The monoisotopic (exact) mass is 587 g/mol. The molecule has 0 N–H and O–H groups in total. The molecule has 0 radical (unpaired) electrons. The van der Waals surface area contributed by atoms with Crippen molar-refractivity contribution in [3.8, 4) is 5.75 Å². The minimum Gasteiger partial charge on any atom is -0.462 e. The van der Waals surface area contributed by atoms with Crippen LogP contribution in [0.3, 0.4) is 0 Å². The minimum absolute atomic E-state index is 0.00976. The highest BCUT2D eigenvalue weighted by Gasteiger charge is 2.46. The van der Waals surface area contributed by atoms with E-state index in [0.717, 1.165) is 29.5 Å². The lowest BCUT2D eigenvalue weighted by molar-refractivity contribution is -0.171. The quantitative estimate of drug-likeness (QED) is 0.244. The van der Waals surface area contributed by atoms with Gasteiger partial charge in [-0.15, -0.1) is 0 Å². The van der Waals surface area contributed by atoms with Gasteiger partial charge in [-0.05, 0) is 98.1 Å². The molecule has 1 heterocycles. The maximum atomic E-state index is 13.7. The summed E-state index contributed by atoms with van der Waals surface area (Å²) in [7, 11) is 2.16. The number of ether oxygens (including phenoxy) is 3. The fourth-order valence-corrected chi connectivity index (χ4v) is 5.86. The second kappa shape index (κ2) is 11.8. The molecule has 0 aliphatic carbocycles. The van der Waals surface area contributed by atoms with Gasteiger partial charge in [0.15, 0.2) is 0 Å². The number of piperidine rings is 1. The molecule has 0 amide bonds. The van der Waals surface area contributed by atoms with Crippen LogP contribution in [-0.4, -0.2) is 46.9 Å². The van der Waals surface area contributed by atoms with Crippen molar-refractivity contribution >= 4 is 12.1 Å². The van der Waals surface area contributed by atoms with Crippen LogP contribution in [0.25, 0.3) is 0 Å². The van der Waals surface area contributed by atoms with Gasteiger partial charge in [-0.2, -0.15) is 0 Å². The SMILES string of the molecule is CC(Cc1cc(C(C)(C)C)c(OC(=O)OC(C)(C)C)c(C(C)(C)C)c1)C(C)(C)C(=O)OC1CC(C)(C)N(C)C(C)(C)C1. The Kier molecular flexibility index (Phi) is 10.1. The van der Waals surface area contributed by atoms with E-state index in [0.29, 0.717) is 12.2 Å². The molecule has 1 fully saturated rings. The second-order valence-electron chi connectivity index (χ2n) is 17.5. The molecule has 240 valence electrons. The smallest absolute Gasteiger partial charge is 0.462 e. The molecule has 1 atom stereocenters. The number of hydrogen-bond donors (Lipinski definition) is 0. The number of carbonyl (C=O) groups is 2. The summed E-state index contributed by atoms with van der Waals surface area (Å²) in [5.74, 6) is 0.426. The van der Waals surface area contributed by atoms with Crippen molar-refractivity contribution in [2.75, 3.05) is 7.05 Å². The molecule has 1 aliphatic heterocycles. The van der Waals surface area contributed by atoms with Gasteiger partial charge in [0.1, 0.15) is 17.5 Å². The average molecular weight is 588 g/mol. The number of carbonyl (C=O) groups excluding carboxylic acids is 2. The standard InChI is InChI=1S/C36H61NO5/c1-23(36(15,16)29(38)40-25-21-34(11,12)37(17)35(13,14)22-25)18-24-19-26(31(2,3)4)28(27(20-24)32(5,6)7)41-30(39)42-33(8,9)10/h19-20,23,25H,18,21-22H2,1-17H3. The van der Waals surface area contributed by atoms with Gasteiger partial charge in [-0.3, -0.25) is 9.69 Å². The number of hydrogen-bond acceptors (Lipinski definition) is 6. The first-order valence-corrected chi connectivity index (χ1v) is 15.6. The Labute approximate surface area is 257 Å². The van der Waals surface area contributed by atoms with Crippen molar-refractivity contribution < 1.29 is 23.8 Å². The third-order valence-corrected chi connectivity index (χ3v) is 9.18. The summed E-state index contributed by atoms with van der Waals surface area (Å²) in [6.07, 6.45) is 1.49. The highest BCUT2D eigenvalue weighted by atomic mass is 16.7. The lowest BCUT2D eigenvalue weighted by Gasteiger charge is -2.53. The van der Waals surface area contributed by atoms with Gasteiger partial charge in [-0.1, -0.05) is 60.6 Å². The van der Waals surface area contributed by atoms with Gasteiger partial charge in [0.25, 0.3) is 0 Å². The van der Waals surface area contributed by atoms with Gasteiger partial charge in [0.2, 0.25) is 0 Å². The Morgan fingerprint density at radius 1 is 0.857 bits per heavy atom. The van der Waals surface area contributed by atoms with Crippen LogP contribution in [0.5, 0.6) is 5.75 Å². The topological polar surface area (TPSA) is 65.1 Å². The molecule has 0 bridgehead atoms. The fraction of sp³-hybridized carbons (Fsp3) is 0.778. The van der Waals surface area contributed by atoms with Crippen LogP contribution >= 0.6 is 0 Å². The lowest BCUT2D eigenvalue weighted by atomic mass is 9.74. The van der Waals surface area contributed by atoms with E-state index in [1.165, 1.54) is 0 Å². The minimum atomic E-state index is -0.705. The predicted molar refractivity (Wildman–Crippen MR) is 172 cm³/mol. The molecule has 6 nitrogen and oxygen atoms in total. The number of likely N-dealkylation sites (tertiary alicyclic amines) is 1. The van der Waals surface area contributed by atoms with Gasteiger partial charge >= 0.3 is 12.1 Å². The van der Waals surface area contributed by atoms with E-state index in [4.69, 9.17) is 14.2 Å². The van der Waals surface area contributed by atoms with E-state index in [1.54, 1.807) is 0 Å². The fourth-order valence-electron chi connectivity index (χ4n) is 5.86. The first-order valence-electron chi connectivity index (χ1n) is 15.6. The van der Waals surface area contributed by atoms with E-state index >= 15 is 0 Å². The van der Waals surface area contributed by atoms with Gasteiger partial charge in [0, 0.05) is 35.0 Å². The number of esters is 1. The molecular formula is C36H61NO5. The van der Waals surface area contributed by atoms with Crippen LogP contribution in [0, 0.1) is 11.3 Å². The number of benzene rings is 1. The van der Waals surface area contributed by atoms with Gasteiger partial charge in [0.05, 0.1) is 5.41 Å². The molecule has 42 heavy (non-hydrogen) atoms. The van der Waals surface area contributed by atoms with Crippen LogP contribution in [0.2, 0.25) is 0 Å². The third-order valence-electron chi connectivity index (χ3n) is 9.18. The Bertz CT molecular complexity index is 1090. The highest BCUT2D eigenvalue weighted by molar-refractivity contribution is 5.76. The van der Waals surface area contributed by atoms with Gasteiger partial charge in [-0.25, -0.2) is 4.79 Å². The van der Waals surface area contributed by atoms with Crippen molar-refractivity contribution in [2.45, 2.75) is 164 Å². The summed E-state index contributed by atoms with van der Waals surface area (Å²) in [6.45, 7) is 33.2. The van der Waals surface area contributed by atoms with Crippen LogP contribution in [-0.2, 0) is 31.5 Å². The lowest BCUT2D eigenvalue weighted by Crippen LogP contribution is -2.60. The first-order chi connectivity index (χ1) is 18.6. The van der Waals surface area contributed by atoms with Crippen molar-refractivity contribution in [1.82, 2.24) is 4.90 Å². The Morgan fingerprint density at radius 3 is 1.67 bits per heavy atom. The molecule has 1 saturated heterocycles. The van der Waals surface area contributed by atoms with E-state index in [1.807, 2.05) is 34.6 Å². The molecule has 0 spiro atoms. The Morgan fingerprint density at radius 2 is 1.29 bits per heavy atom. The summed E-state index contributed by atoms with van der Waals surface area (Å²) >= 11 is 0. The van der Waals surface area contributed by atoms with E-state index in [9.17, 15) is 9.59 Å². The highest BCUT2D eigenvalue weighted by Crippen LogP contribution is 2.43. The van der Waals surface area contributed by atoms with Crippen LogP contribution in [0.15, 0.2) is 12.1 Å². The maximum absolute atomic E-state index is 13.7. The van der Waals surface area contributed by atoms with E-state index in [-0.39, 0.29) is 39.9 Å². The molecule has 0 aromatic heterocycles. The first kappa shape index (κ1) is 36.1. The summed E-state index contributed by atoms with van der Waals surface area (Å²) < 4.78 is 17.7. The molecule has 1 aromatic carbocycles. The maximum Gasteiger partial charge on any atom is 0.514 e. The van der Waals surface area contributed by atoms with Crippen LogP contribution < -0.4 is 4.74 Å². The summed E-state index contributed by atoms with van der Waals surface area (Å²) in [4.78, 5) is 28.9. The zero-order valence-corrected chi connectivity index (χ0v) is 29.9. The zero-order chi connectivity index (χ0) is 32.9. The third kappa shape index (κ3) is 8.74. The Hall–Kier alpha value is -2.08. The average Bonchev–Trinajstić information content (AvgIpc) is 2.74. The molecule has 0 saturated carbocycles.